The molecule has 0 amide bonds. The Morgan fingerprint density at radius 2 is 1.94 bits per heavy atom. The van der Waals surface area contributed by atoms with E-state index in [1.165, 1.54) is 11.4 Å². The second kappa shape index (κ2) is 7.13. The highest BCUT2D eigenvalue weighted by Crippen LogP contribution is 2.07. The topological polar surface area (TPSA) is 37.0 Å². The Morgan fingerprint density at radius 1 is 1.11 bits per heavy atom. The van der Waals surface area contributed by atoms with E-state index in [0.29, 0.717) is 0 Å². The summed E-state index contributed by atoms with van der Waals surface area (Å²) >= 11 is 1.72. The number of nitrogens with zero attached hydrogens (tertiary/aromatic N) is 1. The lowest BCUT2D eigenvalue weighted by atomic mass is 10.3. The Bertz CT molecular complexity index is 453. The minimum absolute atomic E-state index is 0.945. The molecule has 1 aromatic heterocycles. The van der Waals surface area contributed by atoms with Gasteiger partial charge in [0.15, 0.2) is 0 Å². The summed E-state index contributed by atoms with van der Waals surface area (Å²) in [6, 6.07) is 10.3. The molecule has 3 nitrogen and oxygen atoms in total. The lowest BCUT2D eigenvalue weighted by Gasteiger charge is -2.06. The molecule has 96 valence electrons. The molecule has 0 saturated heterocycles. The second-order valence-electron chi connectivity index (χ2n) is 4.15. The van der Waals surface area contributed by atoms with Crippen LogP contribution in [0.4, 0.5) is 5.69 Å². The van der Waals surface area contributed by atoms with Crippen LogP contribution in [0.25, 0.3) is 0 Å². The van der Waals surface area contributed by atoms with Crippen LogP contribution in [0, 0.1) is 6.92 Å². The summed E-state index contributed by atoms with van der Waals surface area (Å²) in [7, 11) is 0. The molecule has 2 N–H and O–H groups in total. The molecule has 0 spiro atoms. The molecule has 0 radical (unpaired) electrons. The van der Waals surface area contributed by atoms with E-state index >= 15 is 0 Å². The van der Waals surface area contributed by atoms with Crippen LogP contribution in [0.5, 0.6) is 0 Å². The maximum absolute atomic E-state index is 4.44. The predicted molar refractivity (Wildman–Crippen MR) is 78.4 cm³/mol. The molecule has 2 aromatic rings. The highest BCUT2D eigenvalue weighted by Gasteiger charge is 1.97. The number of para-hydroxylation sites is 1. The van der Waals surface area contributed by atoms with E-state index in [1.807, 2.05) is 25.1 Å². The molecule has 0 aliphatic carbocycles. The summed E-state index contributed by atoms with van der Waals surface area (Å²) in [5, 5.41) is 10.1. The fraction of sp³-hybridized carbons (Fsp3) is 0.357. The highest BCUT2D eigenvalue weighted by atomic mass is 32.1. The molecule has 4 heteroatoms. The van der Waals surface area contributed by atoms with Gasteiger partial charge >= 0.3 is 0 Å². The minimum atomic E-state index is 0.945. The highest BCUT2D eigenvalue weighted by molar-refractivity contribution is 7.09. The third-order valence-electron chi connectivity index (χ3n) is 2.63. The normalized spacial score (nSPS) is 10.5. The van der Waals surface area contributed by atoms with Gasteiger partial charge in [0, 0.05) is 37.1 Å². The van der Waals surface area contributed by atoms with Gasteiger partial charge in [0.25, 0.3) is 0 Å². The van der Waals surface area contributed by atoms with Gasteiger partial charge in [-0.1, -0.05) is 18.2 Å². The van der Waals surface area contributed by atoms with E-state index in [0.717, 1.165) is 31.1 Å². The fourth-order valence-corrected chi connectivity index (χ4v) is 2.36. The SMILES string of the molecule is Cc1nc(CCNCCNc2ccccc2)cs1. The van der Waals surface area contributed by atoms with E-state index in [4.69, 9.17) is 0 Å². The number of rotatable bonds is 7. The zero-order valence-electron chi connectivity index (χ0n) is 10.6. The number of hydrogen-bond acceptors (Lipinski definition) is 4. The van der Waals surface area contributed by atoms with Crippen molar-refractivity contribution < 1.29 is 0 Å². The van der Waals surface area contributed by atoms with Gasteiger partial charge in [-0.3, -0.25) is 0 Å². The predicted octanol–water partition coefficient (Wildman–Crippen LogP) is 2.70. The zero-order valence-corrected chi connectivity index (χ0v) is 11.5. The Balaban J connectivity index is 1.54. The molecule has 1 heterocycles. The number of hydrogen-bond donors (Lipinski definition) is 2. The van der Waals surface area contributed by atoms with E-state index in [2.05, 4.69) is 33.1 Å². The third-order valence-corrected chi connectivity index (χ3v) is 3.45. The monoisotopic (exact) mass is 261 g/mol. The molecule has 1 aromatic carbocycles. The zero-order chi connectivity index (χ0) is 12.6. The average Bonchev–Trinajstić information content (AvgIpc) is 2.81. The minimum Gasteiger partial charge on any atom is -0.384 e. The number of nitrogens with one attached hydrogen (secondary N) is 2. The number of aromatic nitrogens is 1. The lowest BCUT2D eigenvalue weighted by molar-refractivity contribution is 0.693. The first kappa shape index (κ1) is 13.1. The standard InChI is InChI=1S/C14H19N3S/c1-12-17-14(11-18-12)7-8-15-9-10-16-13-5-3-2-4-6-13/h2-6,11,15-16H,7-10H2,1H3. The van der Waals surface area contributed by atoms with Crippen molar-refractivity contribution in [1.29, 1.82) is 0 Å². The molecule has 0 aliphatic heterocycles. The van der Waals surface area contributed by atoms with Crippen LogP contribution in [0.1, 0.15) is 10.7 Å². The van der Waals surface area contributed by atoms with Gasteiger partial charge in [-0.15, -0.1) is 11.3 Å². The lowest BCUT2D eigenvalue weighted by Crippen LogP contribution is -2.24. The molecule has 0 saturated carbocycles. The third kappa shape index (κ3) is 4.47. The van der Waals surface area contributed by atoms with Crippen LogP contribution in [0.2, 0.25) is 0 Å². The molecule has 0 fully saturated rings. The van der Waals surface area contributed by atoms with Crippen LogP contribution in [0.3, 0.4) is 0 Å². The van der Waals surface area contributed by atoms with Gasteiger partial charge in [0.05, 0.1) is 10.7 Å². The van der Waals surface area contributed by atoms with Gasteiger partial charge in [-0.25, -0.2) is 4.98 Å². The first-order chi connectivity index (χ1) is 8.84. The Morgan fingerprint density at radius 3 is 2.67 bits per heavy atom. The molecular weight excluding hydrogens is 242 g/mol. The van der Waals surface area contributed by atoms with E-state index < -0.39 is 0 Å². The summed E-state index contributed by atoms with van der Waals surface area (Å²) < 4.78 is 0. The van der Waals surface area contributed by atoms with E-state index in [-0.39, 0.29) is 0 Å². The Hall–Kier alpha value is -1.39. The second-order valence-corrected chi connectivity index (χ2v) is 5.21. The summed E-state index contributed by atoms with van der Waals surface area (Å²) in [6.45, 7) is 4.95. The van der Waals surface area contributed by atoms with Gasteiger partial charge in [-0.05, 0) is 19.1 Å². The summed E-state index contributed by atoms with van der Waals surface area (Å²) in [5.74, 6) is 0. The number of thiazole rings is 1. The van der Waals surface area contributed by atoms with Crippen LogP contribution >= 0.6 is 11.3 Å². The van der Waals surface area contributed by atoms with Gasteiger partial charge in [0.2, 0.25) is 0 Å². The maximum Gasteiger partial charge on any atom is 0.0897 e. The average molecular weight is 261 g/mol. The summed E-state index contributed by atoms with van der Waals surface area (Å²) in [6.07, 6.45) is 1.01. The van der Waals surface area contributed by atoms with Crippen LogP contribution in [-0.4, -0.2) is 24.6 Å². The van der Waals surface area contributed by atoms with Crippen LogP contribution < -0.4 is 10.6 Å². The van der Waals surface area contributed by atoms with Crippen molar-refractivity contribution in [1.82, 2.24) is 10.3 Å². The number of anilines is 1. The molecule has 0 unspecified atom stereocenters. The first-order valence-corrected chi connectivity index (χ1v) is 7.13. The Kier molecular flexibility index (Phi) is 5.17. The molecular formula is C14H19N3S. The van der Waals surface area contributed by atoms with Gasteiger partial charge in [0.1, 0.15) is 0 Å². The Labute approximate surface area is 112 Å². The molecule has 0 aliphatic rings. The van der Waals surface area contributed by atoms with Crippen molar-refractivity contribution >= 4 is 17.0 Å². The van der Waals surface area contributed by atoms with Gasteiger partial charge < -0.3 is 10.6 Å². The molecule has 0 bridgehead atoms. The van der Waals surface area contributed by atoms with Crippen molar-refractivity contribution in [3.8, 4) is 0 Å². The molecule has 18 heavy (non-hydrogen) atoms. The van der Waals surface area contributed by atoms with Crippen molar-refractivity contribution in [2.45, 2.75) is 13.3 Å². The quantitative estimate of drug-likeness (QED) is 0.752. The van der Waals surface area contributed by atoms with Crippen molar-refractivity contribution in [2.24, 2.45) is 0 Å². The van der Waals surface area contributed by atoms with Crippen LogP contribution in [0.15, 0.2) is 35.7 Å². The smallest absolute Gasteiger partial charge is 0.0897 e. The number of benzene rings is 1. The van der Waals surface area contributed by atoms with Crippen molar-refractivity contribution in [2.75, 3.05) is 25.0 Å². The maximum atomic E-state index is 4.44. The van der Waals surface area contributed by atoms with E-state index in [1.54, 1.807) is 11.3 Å². The van der Waals surface area contributed by atoms with Crippen molar-refractivity contribution in [3.63, 3.8) is 0 Å². The van der Waals surface area contributed by atoms with Crippen molar-refractivity contribution in [3.05, 3.63) is 46.4 Å². The summed E-state index contributed by atoms with van der Waals surface area (Å²) in [5.41, 5.74) is 2.37. The first-order valence-electron chi connectivity index (χ1n) is 6.25. The van der Waals surface area contributed by atoms with Crippen LogP contribution in [-0.2, 0) is 6.42 Å². The summed E-state index contributed by atoms with van der Waals surface area (Å²) in [4.78, 5) is 4.44. The van der Waals surface area contributed by atoms with Gasteiger partial charge in [-0.2, -0.15) is 0 Å². The largest absolute Gasteiger partial charge is 0.384 e. The molecule has 0 atom stereocenters. The van der Waals surface area contributed by atoms with E-state index in [9.17, 15) is 0 Å². The fourth-order valence-electron chi connectivity index (χ4n) is 1.72. The number of aryl methyl sites for hydroxylation is 1. The molecule has 2 rings (SSSR count).